The maximum absolute atomic E-state index is 12.3. The second-order valence-electron chi connectivity index (χ2n) is 5.96. The number of carboxylic acids is 1. The zero-order chi connectivity index (χ0) is 19.9. The number of hydrogen-bond acceptors (Lipinski definition) is 4. The highest BCUT2D eigenvalue weighted by Gasteiger charge is 2.20. The highest BCUT2D eigenvalue weighted by Crippen LogP contribution is 2.31. The number of aromatic nitrogens is 1. The average molecular weight is 425 g/mol. The maximum Gasteiger partial charge on any atom is 0.336 e. The van der Waals surface area contributed by atoms with Crippen LogP contribution in [0.25, 0.3) is 22.2 Å². The number of rotatable bonds is 4. The lowest BCUT2D eigenvalue weighted by molar-refractivity contribution is 0.0699. The molecule has 0 aliphatic rings. The molecule has 3 rings (SSSR count). The quantitative estimate of drug-likeness (QED) is 0.679. The van der Waals surface area contributed by atoms with Gasteiger partial charge in [-0.25, -0.2) is 22.5 Å². The standard InChI is InChI=1S/C18H14Cl2N2O4S/c1-22(2)27(25,26)11-4-6-16-12(8-11)13(18(23)24)9-17(21-16)10-3-5-14(19)15(20)7-10/h3-9H,1-2H3,(H,23,24). The molecule has 0 aliphatic carbocycles. The van der Waals surface area contributed by atoms with Gasteiger partial charge in [0.25, 0.3) is 0 Å². The summed E-state index contributed by atoms with van der Waals surface area (Å²) in [7, 11) is -0.891. The Balaban J connectivity index is 2.27. The third-order valence-electron chi connectivity index (χ3n) is 4.00. The maximum atomic E-state index is 12.3. The molecule has 0 spiro atoms. The van der Waals surface area contributed by atoms with Crippen LogP contribution in [0.5, 0.6) is 0 Å². The summed E-state index contributed by atoms with van der Waals surface area (Å²) < 4.78 is 25.8. The molecular formula is C18H14Cl2N2O4S. The summed E-state index contributed by atoms with van der Waals surface area (Å²) in [5, 5.41) is 10.5. The molecule has 0 fully saturated rings. The minimum Gasteiger partial charge on any atom is -0.478 e. The molecule has 0 unspecified atom stereocenters. The van der Waals surface area contributed by atoms with E-state index in [0.29, 0.717) is 26.8 Å². The van der Waals surface area contributed by atoms with E-state index in [0.717, 1.165) is 4.31 Å². The van der Waals surface area contributed by atoms with Crippen molar-refractivity contribution < 1.29 is 18.3 Å². The van der Waals surface area contributed by atoms with Crippen molar-refractivity contribution in [1.82, 2.24) is 9.29 Å². The molecule has 27 heavy (non-hydrogen) atoms. The van der Waals surface area contributed by atoms with Crippen LogP contribution >= 0.6 is 23.2 Å². The number of sulfonamides is 1. The predicted octanol–water partition coefficient (Wildman–Crippen LogP) is 4.16. The summed E-state index contributed by atoms with van der Waals surface area (Å²) >= 11 is 12.0. The molecule has 2 aromatic carbocycles. The van der Waals surface area contributed by atoms with E-state index < -0.39 is 16.0 Å². The van der Waals surface area contributed by atoms with Gasteiger partial charge in [-0.15, -0.1) is 0 Å². The molecule has 0 bridgehead atoms. The lowest BCUT2D eigenvalue weighted by atomic mass is 10.0. The number of fused-ring (bicyclic) bond motifs is 1. The fourth-order valence-electron chi connectivity index (χ4n) is 2.56. The molecule has 140 valence electrons. The van der Waals surface area contributed by atoms with Gasteiger partial charge in [0.15, 0.2) is 0 Å². The fraction of sp³-hybridized carbons (Fsp3) is 0.111. The fourth-order valence-corrected chi connectivity index (χ4v) is 3.78. The molecular weight excluding hydrogens is 411 g/mol. The third kappa shape index (κ3) is 3.64. The Morgan fingerprint density at radius 2 is 1.74 bits per heavy atom. The first-order valence-electron chi connectivity index (χ1n) is 7.67. The molecule has 1 aromatic heterocycles. The van der Waals surface area contributed by atoms with Gasteiger partial charge in [0, 0.05) is 25.0 Å². The van der Waals surface area contributed by atoms with Gasteiger partial charge in [-0.3, -0.25) is 0 Å². The van der Waals surface area contributed by atoms with Gasteiger partial charge in [0.2, 0.25) is 10.0 Å². The van der Waals surface area contributed by atoms with E-state index in [9.17, 15) is 18.3 Å². The Morgan fingerprint density at radius 1 is 1.04 bits per heavy atom. The molecule has 0 saturated heterocycles. The van der Waals surface area contributed by atoms with Crippen molar-refractivity contribution in [3.05, 3.63) is 58.1 Å². The van der Waals surface area contributed by atoms with Crippen LogP contribution in [0, 0.1) is 0 Å². The number of carboxylic acid groups (broad SMARTS) is 1. The van der Waals surface area contributed by atoms with Crippen LogP contribution in [0.3, 0.4) is 0 Å². The van der Waals surface area contributed by atoms with E-state index >= 15 is 0 Å². The number of aromatic carboxylic acids is 1. The molecule has 0 radical (unpaired) electrons. The molecule has 9 heteroatoms. The van der Waals surface area contributed by atoms with Crippen LogP contribution in [0.2, 0.25) is 10.0 Å². The van der Waals surface area contributed by atoms with Crippen molar-refractivity contribution in [2.75, 3.05) is 14.1 Å². The van der Waals surface area contributed by atoms with E-state index in [1.807, 2.05) is 0 Å². The number of nitrogens with zero attached hydrogens (tertiary/aromatic N) is 2. The van der Waals surface area contributed by atoms with Gasteiger partial charge in [0.05, 0.1) is 31.7 Å². The molecule has 3 aromatic rings. The predicted molar refractivity (Wildman–Crippen MR) is 105 cm³/mol. The van der Waals surface area contributed by atoms with Crippen LogP contribution in [-0.2, 0) is 10.0 Å². The van der Waals surface area contributed by atoms with Crippen molar-refractivity contribution in [2.24, 2.45) is 0 Å². The van der Waals surface area contributed by atoms with Crippen LogP contribution in [0.4, 0.5) is 0 Å². The molecule has 0 aliphatic heterocycles. The highest BCUT2D eigenvalue weighted by atomic mass is 35.5. The van der Waals surface area contributed by atoms with E-state index in [2.05, 4.69) is 4.98 Å². The molecule has 1 N–H and O–H groups in total. The van der Waals surface area contributed by atoms with Crippen LogP contribution in [0.15, 0.2) is 47.4 Å². The normalized spacial score (nSPS) is 11.9. The minimum absolute atomic E-state index is 0.00779. The van der Waals surface area contributed by atoms with E-state index in [-0.39, 0.29) is 15.8 Å². The molecule has 6 nitrogen and oxygen atoms in total. The third-order valence-corrected chi connectivity index (χ3v) is 6.55. The van der Waals surface area contributed by atoms with Gasteiger partial charge in [-0.1, -0.05) is 29.3 Å². The Hall–Kier alpha value is -2.19. The summed E-state index contributed by atoms with van der Waals surface area (Å²) in [5.41, 5.74) is 1.28. The summed E-state index contributed by atoms with van der Waals surface area (Å²) in [5.74, 6) is -1.19. The number of hydrogen-bond donors (Lipinski definition) is 1. The summed E-state index contributed by atoms with van der Waals surface area (Å²) in [6, 6.07) is 10.5. The van der Waals surface area contributed by atoms with Gasteiger partial charge >= 0.3 is 5.97 Å². The Labute approximate surface area is 166 Å². The van der Waals surface area contributed by atoms with Crippen molar-refractivity contribution in [1.29, 1.82) is 0 Å². The topological polar surface area (TPSA) is 87.6 Å². The van der Waals surface area contributed by atoms with Crippen molar-refractivity contribution in [3.8, 4) is 11.3 Å². The largest absolute Gasteiger partial charge is 0.478 e. The first-order valence-corrected chi connectivity index (χ1v) is 9.87. The first-order chi connectivity index (χ1) is 12.6. The second-order valence-corrected chi connectivity index (χ2v) is 8.92. The highest BCUT2D eigenvalue weighted by molar-refractivity contribution is 7.89. The second kappa shape index (κ2) is 7.09. The summed E-state index contributed by atoms with van der Waals surface area (Å²) in [6.07, 6.45) is 0. The zero-order valence-corrected chi connectivity index (χ0v) is 16.6. The van der Waals surface area contributed by atoms with Gasteiger partial charge < -0.3 is 5.11 Å². The Morgan fingerprint density at radius 3 is 2.33 bits per heavy atom. The number of pyridine rings is 1. The van der Waals surface area contributed by atoms with E-state index in [1.165, 1.54) is 38.4 Å². The smallest absolute Gasteiger partial charge is 0.336 e. The first kappa shape index (κ1) is 19.6. The lowest BCUT2D eigenvalue weighted by Crippen LogP contribution is -2.22. The monoisotopic (exact) mass is 424 g/mol. The van der Waals surface area contributed by atoms with Crippen molar-refractivity contribution in [3.63, 3.8) is 0 Å². The van der Waals surface area contributed by atoms with Crippen LogP contribution < -0.4 is 0 Å². The van der Waals surface area contributed by atoms with Gasteiger partial charge in [-0.05, 0) is 36.4 Å². The Kier molecular flexibility index (Phi) is 5.14. The summed E-state index contributed by atoms with van der Waals surface area (Å²) in [6.45, 7) is 0. The van der Waals surface area contributed by atoms with Crippen LogP contribution in [0.1, 0.15) is 10.4 Å². The number of carbonyl (C=O) groups is 1. The Bertz CT molecular complexity index is 1180. The lowest BCUT2D eigenvalue weighted by Gasteiger charge is -2.13. The number of benzene rings is 2. The van der Waals surface area contributed by atoms with Gasteiger partial charge in [-0.2, -0.15) is 0 Å². The van der Waals surface area contributed by atoms with E-state index in [1.54, 1.807) is 18.2 Å². The molecule has 1 heterocycles. The molecule has 0 amide bonds. The van der Waals surface area contributed by atoms with Crippen molar-refractivity contribution in [2.45, 2.75) is 4.90 Å². The molecule has 0 saturated carbocycles. The zero-order valence-electron chi connectivity index (χ0n) is 14.3. The van der Waals surface area contributed by atoms with E-state index in [4.69, 9.17) is 23.2 Å². The SMILES string of the molecule is CN(C)S(=O)(=O)c1ccc2nc(-c3ccc(Cl)c(Cl)c3)cc(C(=O)O)c2c1. The number of halogens is 2. The van der Waals surface area contributed by atoms with Crippen molar-refractivity contribution >= 4 is 50.1 Å². The van der Waals surface area contributed by atoms with Gasteiger partial charge in [0.1, 0.15) is 0 Å². The molecule has 0 atom stereocenters. The average Bonchev–Trinajstić information content (AvgIpc) is 2.62. The van der Waals surface area contributed by atoms with Crippen LogP contribution in [-0.4, -0.2) is 42.9 Å². The summed E-state index contributed by atoms with van der Waals surface area (Å²) in [4.78, 5) is 16.2. The minimum atomic E-state index is -3.70.